The lowest BCUT2D eigenvalue weighted by molar-refractivity contribution is -0.123. The number of carbonyl (C=O) groups is 2. The molecule has 0 bridgehead atoms. The van der Waals surface area contributed by atoms with Crippen molar-refractivity contribution in [2.45, 2.75) is 12.5 Å². The van der Waals surface area contributed by atoms with Crippen LogP contribution >= 0.6 is 11.6 Å². The van der Waals surface area contributed by atoms with Gasteiger partial charge in [0.2, 0.25) is 18.7 Å². The monoisotopic (exact) mass is 413 g/mol. The van der Waals surface area contributed by atoms with E-state index in [2.05, 4.69) is 26.2 Å². The normalized spacial score (nSPS) is 17.2. The van der Waals surface area contributed by atoms with Crippen molar-refractivity contribution in [3.63, 3.8) is 0 Å². The second-order valence-corrected chi connectivity index (χ2v) is 6.60. The average Bonchev–Trinajstić information content (AvgIpc) is 3.29. The van der Waals surface area contributed by atoms with Crippen LogP contribution < -0.4 is 25.5 Å². The molecule has 2 aromatic carbocycles. The molecule has 0 unspecified atom stereocenters. The fourth-order valence-corrected chi connectivity index (χ4v) is 2.93. The number of amides is 2. The van der Waals surface area contributed by atoms with Gasteiger partial charge < -0.3 is 14.8 Å². The van der Waals surface area contributed by atoms with E-state index in [1.807, 2.05) is 12.1 Å². The third-order valence-electron chi connectivity index (χ3n) is 4.14. The SMILES string of the molecule is O=C(C[C@@H]1N=C(N/N=C\c2ccccc2Cl)NC1=O)Nc1ccc2c(c1)OCO2. The summed E-state index contributed by atoms with van der Waals surface area (Å²) in [5.74, 6) is 0.604. The number of benzene rings is 2. The van der Waals surface area contributed by atoms with Gasteiger partial charge in [-0.15, -0.1) is 0 Å². The molecule has 0 radical (unpaired) electrons. The standard InChI is InChI=1S/C19H16ClN5O4/c20-13-4-2-1-3-11(13)9-21-25-19-23-14(18(27)24-19)8-17(26)22-12-5-6-15-16(7-12)29-10-28-15/h1-7,9,14H,8,10H2,(H,22,26)(H2,23,24,25,27)/b21-9-/t14-/m0/s1. The number of rotatable bonds is 5. The molecule has 1 atom stereocenters. The van der Waals surface area contributed by atoms with Gasteiger partial charge in [0, 0.05) is 22.3 Å². The minimum Gasteiger partial charge on any atom is -0.454 e. The summed E-state index contributed by atoms with van der Waals surface area (Å²) < 4.78 is 10.5. The summed E-state index contributed by atoms with van der Waals surface area (Å²) in [6.07, 6.45) is 1.40. The van der Waals surface area contributed by atoms with Crippen LogP contribution in [0, 0.1) is 0 Å². The van der Waals surface area contributed by atoms with E-state index in [1.165, 1.54) is 6.21 Å². The van der Waals surface area contributed by atoms with Crippen LogP contribution in [0.3, 0.4) is 0 Å². The third-order valence-corrected chi connectivity index (χ3v) is 4.49. The molecule has 2 heterocycles. The Hall–Kier alpha value is -3.59. The number of anilines is 1. The van der Waals surface area contributed by atoms with Crippen molar-refractivity contribution in [3.05, 3.63) is 53.1 Å². The number of halogens is 1. The Kier molecular flexibility index (Phi) is 5.30. The van der Waals surface area contributed by atoms with Gasteiger partial charge in [0.25, 0.3) is 5.91 Å². The minimum absolute atomic E-state index is 0.111. The van der Waals surface area contributed by atoms with Crippen LogP contribution in [-0.2, 0) is 9.59 Å². The number of aliphatic imine (C=N–C) groups is 1. The summed E-state index contributed by atoms with van der Waals surface area (Å²) in [7, 11) is 0. The molecule has 2 aliphatic heterocycles. The Morgan fingerprint density at radius 3 is 2.97 bits per heavy atom. The Morgan fingerprint density at radius 1 is 1.28 bits per heavy atom. The van der Waals surface area contributed by atoms with Crippen LogP contribution in [0.4, 0.5) is 5.69 Å². The zero-order valence-electron chi connectivity index (χ0n) is 15.0. The maximum Gasteiger partial charge on any atom is 0.252 e. The smallest absolute Gasteiger partial charge is 0.252 e. The second kappa shape index (κ2) is 8.19. The average molecular weight is 414 g/mol. The van der Waals surface area contributed by atoms with Crippen molar-refractivity contribution >= 4 is 41.3 Å². The lowest BCUT2D eigenvalue weighted by atomic mass is 10.2. The van der Waals surface area contributed by atoms with Gasteiger partial charge in [-0.2, -0.15) is 5.10 Å². The van der Waals surface area contributed by atoms with E-state index >= 15 is 0 Å². The molecule has 0 saturated heterocycles. The van der Waals surface area contributed by atoms with Gasteiger partial charge in [0.05, 0.1) is 12.6 Å². The van der Waals surface area contributed by atoms with Gasteiger partial charge in [-0.1, -0.05) is 29.8 Å². The van der Waals surface area contributed by atoms with E-state index < -0.39 is 6.04 Å². The first-order valence-electron chi connectivity index (χ1n) is 8.70. The number of ether oxygens (including phenoxy) is 2. The lowest BCUT2D eigenvalue weighted by Gasteiger charge is -2.07. The molecule has 0 saturated carbocycles. The molecule has 0 aliphatic carbocycles. The summed E-state index contributed by atoms with van der Waals surface area (Å²) in [4.78, 5) is 28.5. The molecule has 4 rings (SSSR count). The van der Waals surface area contributed by atoms with Crippen LogP contribution in [0.15, 0.2) is 52.6 Å². The zero-order chi connectivity index (χ0) is 20.2. The van der Waals surface area contributed by atoms with E-state index in [-0.39, 0.29) is 31.0 Å². The summed E-state index contributed by atoms with van der Waals surface area (Å²) in [5, 5.41) is 9.81. The van der Waals surface area contributed by atoms with Gasteiger partial charge in [0.15, 0.2) is 11.5 Å². The fourth-order valence-electron chi connectivity index (χ4n) is 2.75. The molecule has 2 aliphatic rings. The highest BCUT2D eigenvalue weighted by Crippen LogP contribution is 2.34. The molecular weight excluding hydrogens is 398 g/mol. The van der Waals surface area contributed by atoms with E-state index in [0.29, 0.717) is 27.8 Å². The maximum absolute atomic E-state index is 12.3. The highest BCUT2D eigenvalue weighted by molar-refractivity contribution is 6.33. The van der Waals surface area contributed by atoms with Gasteiger partial charge >= 0.3 is 0 Å². The Labute approximate surface area is 170 Å². The minimum atomic E-state index is -0.845. The number of hydrogen-bond donors (Lipinski definition) is 3. The predicted molar refractivity (Wildman–Crippen MR) is 107 cm³/mol. The maximum atomic E-state index is 12.3. The largest absolute Gasteiger partial charge is 0.454 e. The van der Waals surface area contributed by atoms with E-state index in [0.717, 1.165) is 0 Å². The molecule has 10 heteroatoms. The lowest BCUT2D eigenvalue weighted by Crippen LogP contribution is -2.35. The molecule has 2 amide bonds. The van der Waals surface area contributed by atoms with Gasteiger partial charge in [0.1, 0.15) is 6.04 Å². The highest BCUT2D eigenvalue weighted by Gasteiger charge is 2.28. The van der Waals surface area contributed by atoms with Crippen LogP contribution in [0.2, 0.25) is 5.02 Å². The summed E-state index contributed by atoms with van der Waals surface area (Å²) in [6.45, 7) is 0.151. The second-order valence-electron chi connectivity index (χ2n) is 6.19. The van der Waals surface area contributed by atoms with Crippen molar-refractivity contribution in [1.82, 2.24) is 10.7 Å². The highest BCUT2D eigenvalue weighted by atomic mass is 35.5. The number of nitrogens with one attached hydrogen (secondary N) is 3. The van der Waals surface area contributed by atoms with Gasteiger partial charge in [-0.05, 0) is 18.2 Å². The van der Waals surface area contributed by atoms with Crippen LogP contribution in [0.5, 0.6) is 11.5 Å². The van der Waals surface area contributed by atoms with E-state index in [4.69, 9.17) is 21.1 Å². The Morgan fingerprint density at radius 2 is 2.10 bits per heavy atom. The number of fused-ring (bicyclic) bond motifs is 1. The molecule has 0 spiro atoms. The van der Waals surface area contributed by atoms with Crippen molar-refractivity contribution < 1.29 is 19.1 Å². The van der Waals surface area contributed by atoms with Crippen molar-refractivity contribution in [2.24, 2.45) is 10.1 Å². The van der Waals surface area contributed by atoms with Crippen molar-refractivity contribution in [3.8, 4) is 11.5 Å². The number of guanidine groups is 1. The summed E-state index contributed by atoms with van der Waals surface area (Å²) in [5.41, 5.74) is 3.90. The zero-order valence-corrected chi connectivity index (χ0v) is 15.8. The topological polar surface area (TPSA) is 113 Å². The fraction of sp³-hybridized carbons (Fsp3) is 0.158. The molecule has 3 N–H and O–H groups in total. The number of hydrazone groups is 1. The van der Waals surface area contributed by atoms with Crippen molar-refractivity contribution in [2.75, 3.05) is 12.1 Å². The first kappa shape index (κ1) is 18.8. The molecule has 0 fully saturated rings. The van der Waals surface area contributed by atoms with Gasteiger partial charge in [-0.3, -0.25) is 14.9 Å². The molecule has 148 valence electrons. The van der Waals surface area contributed by atoms with Crippen LogP contribution in [0.1, 0.15) is 12.0 Å². The van der Waals surface area contributed by atoms with E-state index in [9.17, 15) is 9.59 Å². The summed E-state index contributed by atoms with van der Waals surface area (Å²) in [6, 6.07) is 11.4. The molecule has 0 aromatic heterocycles. The Bertz CT molecular complexity index is 1020. The quantitative estimate of drug-likeness (QED) is 0.511. The Balaban J connectivity index is 1.32. The van der Waals surface area contributed by atoms with Crippen LogP contribution in [-0.4, -0.2) is 36.8 Å². The van der Waals surface area contributed by atoms with Crippen molar-refractivity contribution in [1.29, 1.82) is 0 Å². The molecular formula is C19H16ClN5O4. The van der Waals surface area contributed by atoms with E-state index in [1.54, 1.807) is 30.3 Å². The number of carbonyl (C=O) groups excluding carboxylic acids is 2. The molecule has 9 nitrogen and oxygen atoms in total. The molecule has 2 aromatic rings. The molecule has 29 heavy (non-hydrogen) atoms. The first-order chi connectivity index (χ1) is 14.1. The van der Waals surface area contributed by atoms with Crippen LogP contribution in [0.25, 0.3) is 0 Å². The van der Waals surface area contributed by atoms with Gasteiger partial charge in [-0.25, -0.2) is 10.4 Å². The number of nitrogens with zero attached hydrogens (tertiary/aromatic N) is 2. The number of hydrogen-bond acceptors (Lipinski definition) is 7. The third kappa shape index (κ3) is 4.46. The first-order valence-corrected chi connectivity index (χ1v) is 9.08. The summed E-state index contributed by atoms with van der Waals surface area (Å²) >= 11 is 6.04. The predicted octanol–water partition coefficient (Wildman–Crippen LogP) is 1.88.